The summed E-state index contributed by atoms with van der Waals surface area (Å²) >= 11 is 12.0. The smallest absolute Gasteiger partial charge is 0.388 e. The molecule has 0 radical (unpaired) electrons. The fourth-order valence-electron chi connectivity index (χ4n) is 2.51. The van der Waals surface area contributed by atoms with Crippen molar-refractivity contribution in [1.29, 1.82) is 0 Å². The summed E-state index contributed by atoms with van der Waals surface area (Å²) in [6, 6.07) is 0. The molecule has 0 bridgehead atoms. The molecule has 0 amide bonds. The highest BCUT2D eigenvalue weighted by molar-refractivity contribution is 7.66. The molecule has 0 aromatic rings. The summed E-state index contributed by atoms with van der Waals surface area (Å²) in [5.41, 5.74) is 3.45. The normalized spacial score (nSPS) is 35.5. The van der Waals surface area contributed by atoms with Crippen LogP contribution in [0, 0.1) is 0 Å². The highest BCUT2D eigenvalue weighted by Crippen LogP contribution is 2.66. The van der Waals surface area contributed by atoms with Crippen LogP contribution in [0.3, 0.4) is 0 Å². The maximum atomic E-state index is 11.9. The topological polar surface area (TPSA) is 251 Å². The number of halogens is 2. The van der Waals surface area contributed by atoms with Crippen LogP contribution >= 0.6 is 46.7 Å². The first-order chi connectivity index (χ1) is 14.0. The predicted octanol–water partition coefficient (Wildman–Crippen LogP) is -0.906. The van der Waals surface area contributed by atoms with E-state index in [-0.39, 0.29) is 5.84 Å². The van der Waals surface area contributed by atoms with Gasteiger partial charge in [0, 0.05) is 6.20 Å². The standard InChI is InChI=1S/C10H18Cl2N3O13P3/c11-3-10(4-25-30(21,22)28-31(23,24)27-29(18,19)20)7(16)6(12)8(26-10)15-2-1-5(13)14-9(15)17/h1-2,6-9,16-17H,3-4H2,(H2,13,14)(H,21,22)(H,23,24)(H2,18,19,20)/t6-,7+,8?,9?,10-/m1/s1. The number of alkyl halides is 2. The second-order valence-corrected chi connectivity index (χ2v) is 11.3. The molecule has 31 heavy (non-hydrogen) atoms. The number of amidine groups is 1. The van der Waals surface area contributed by atoms with Gasteiger partial charge in [0.25, 0.3) is 0 Å². The van der Waals surface area contributed by atoms with Crippen LogP contribution in [0.1, 0.15) is 0 Å². The van der Waals surface area contributed by atoms with Gasteiger partial charge in [0.15, 0.2) is 6.23 Å². The van der Waals surface area contributed by atoms with E-state index in [1.165, 1.54) is 12.3 Å². The van der Waals surface area contributed by atoms with Gasteiger partial charge in [-0.1, -0.05) is 0 Å². The highest BCUT2D eigenvalue weighted by Gasteiger charge is 2.57. The molecule has 8 N–H and O–H groups in total. The van der Waals surface area contributed by atoms with Crippen LogP contribution < -0.4 is 5.73 Å². The number of aliphatic hydroxyl groups is 2. The molecule has 2 heterocycles. The minimum atomic E-state index is -5.74. The Labute approximate surface area is 184 Å². The van der Waals surface area contributed by atoms with E-state index >= 15 is 0 Å². The predicted molar refractivity (Wildman–Crippen MR) is 102 cm³/mol. The summed E-state index contributed by atoms with van der Waals surface area (Å²) in [7, 11) is -16.8. The monoisotopic (exact) mass is 551 g/mol. The summed E-state index contributed by atoms with van der Waals surface area (Å²) in [5, 5.41) is 19.2. The third-order valence-corrected chi connectivity index (χ3v) is 8.51. The van der Waals surface area contributed by atoms with Crippen molar-refractivity contribution in [2.24, 2.45) is 10.7 Å². The summed E-state index contributed by atoms with van der Waals surface area (Å²) in [4.78, 5) is 40.5. The van der Waals surface area contributed by atoms with Gasteiger partial charge < -0.3 is 45.2 Å². The second kappa shape index (κ2) is 9.63. The first kappa shape index (κ1) is 27.1. The molecule has 1 saturated heterocycles. The van der Waals surface area contributed by atoms with E-state index < -0.39 is 65.6 Å². The van der Waals surface area contributed by atoms with Gasteiger partial charge in [0.05, 0.1) is 12.5 Å². The SMILES string of the molecule is NC1=NC(O)N(C2O[C@](CCl)(COP(=O)(O)OP(=O)(O)OP(=O)(O)O)[C@@H](O)[C@H]2Cl)C=C1. The number of phosphoric acid groups is 3. The van der Waals surface area contributed by atoms with Gasteiger partial charge in [0.2, 0.25) is 6.35 Å². The average Bonchev–Trinajstić information content (AvgIpc) is 2.82. The largest absolute Gasteiger partial charge is 0.490 e. The highest BCUT2D eigenvalue weighted by atomic mass is 35.5. The van der Waals surface area contributed by atoms with E-state index in [2.05, 4.69) is 18.1 Å². The lowest BCUT2D eigenvalue weighted by Gasteiger charge is -2.34. The Morgan fingerprint density at radius 2 is 1.81 bits per heavy atom. The number of hydrogen-bond acceptors (Lipinski definition) is 12. The van der Waals surface area contributed by atoms with Crippen LogP contribution in [0.15, 0.2) is 17.3 Å². The Morgan fingerprint density at radius 3 is 2.32 bits per heavy atom. The lowest BCUT2D eigenvalue weighted by atomic mass is 10.00. The molecule has 2 rings (SSSR count). The first-order valence-corrected chi connectivity index (χ1v) is 13.3. The van der Waals surface area contributed by atoms with Gasteiger partial charge >= 0.3 is 23.5 Å². The molecule has 21 heteroatoms. The van der Waals surface area contributed by atoms with Crippen molar-refractivity contribution in [2.75, 3.05) is 12.5 Å². The van der Waals surface area contributed by atoms with E-state index in [0.717, 1.165) is 4.90 Å². The van der Waals surface area contributed by atoms with Gasteiger partial charge in [-0.05, 0) is 6.08 Å². The van der Waals surface area contributed by atoms with Gasteiger partial charge in [-0.3, -0.25) is 4.52 Å². The molecule has 0 spiro atoms. The number of hydrogen-bond donors (Lipinski definition) is 7. The van der Waals surface area contributed by atoms with Crippen LogP contribution in [0.5, 0.6) is 0 Å². The van der Waals surface area contributed by atoms with Crippen molar-refractivity contribution in [2.45, 2.75) is 29.7 Å². The van der Waals surface area contributed by atoms with Gasteiger partial charge in [0.1, 0.15) is 22.9 Å². The Kier molecular flexibility index (Phi) is 8.42. The van der Waals surface area contributed by atoms with Gasteiger partial charge in [-0.2, -0.15) is 8.62 Å². The Hall–Kier alpha value is -0.120. The summed E-state index contributed by atoms with van der Waals surface area (Å²) in [6.45, 7) is -1.06. The molecule has 2 aliphatic rings. The van der Waals surface area contributed by atoms with Crippen LogP contribution in [-0.2, 0) is 31.6 Å². The number of aliphatic hydroxyl groups excluding tert-OH is 2. The number of nitrogens with zero attached hydrogens (tertiary/aromatic N) is 2. The maximum absolute atomic E-state index is 11.9. The fraction of sp³-hybridized carbons (Fsp3) is 0.700. The van der Waals surface area contributed by atoms with Gasteiger partial charge in [-0.25, -0.2) is 18.7 Å². The summed E-state index contributed by atoms with van der Waals surface area (Å²) < 4.78 is 51.2. The Bertz CT molecular complexity index is 885. The van der Waals surface area contributed by atoms with E-state index in [9.17, 15) is 33.7 Å². The van der Waals surface area contributed by atoms with Crippen molar-refractivity contribution in [3.63, 3.8) is 0 Å². The number of rotatable bonds is 9. The third kappa shape index (κ3) is 6.93. The van der Waals surface area contributed by atoms with Crippen LogP contribution in [0.25, 0.3) is 0 Å². The van der Waals surface area contributed by atoms with Crippen molar-refractivity contribution < 1.29 is 61.4 Å². The summed E-state index contributed by atoms with van der Waals surface area (Å²) in [6.07, 6.45) is -1.96. The molecule has 4 unspecified atom stereocenters. The molecule has 0 saturated carbocycles. The lowest BCUT2D eigenvalue weighted by Crippen LogP contribution is -2.47. The number of nitrogens with two attached hydrogens (primary N) is 1. The Morgan fingerprint density at radius 1 is 1.19 bits per heavy atom. The number of ether oxygens (including phenoxy) is 1. The van der Waals surface area contributed by atoms with Gasteiger partial charge in [-0.15, -0.1) is 23.2 Å². The van der Waals surface area contributed by atoms with Crippen molar-refractivity contribution in [3.05, 3.63) is 12.3 Å². The fourth-order valence-corrected chi connectivity index (χ4v) is 6.29. The Balaban J connectivity index is 2.13. The minimum absolute atomic E-state index is 0.00955. The summed E-state index contributed by atoms with van der Waals surface area (Å²) in [5.74, 6) is -0.604. The molecular weight excluding hydrogens is 534 g/mol. The van der Waals surface area contributed by atoms with Crippen LogP contribution in [0.2, 0.25) is 0 Å². The molecule has 2 aliphatic heterocycles. The van der Waals surface area contributed by atoms with Crippen molar-refractivity contribution in [1.82, 2.24) is 4.90 Å². The van der Waals surface area contributed by atoms with E-state index in [0.29, 0.717) is 0 Å². The quantitative estimate of drug-likeness (QED) is 0.135. The number of aliphatic imine (C=N–C) groups is 1. The molecule has 180 valence electrons. The van der Waals surface area contributed by atoms with Crippen molar-refractivity contribution >= 4 is 52.5 Å². The molecule has 0 aromatic heterocycles. The molecule has 16 nitrogen and oxygen atoms in total. The molecular formula is C10H18Cl2N3O13P3. The zero-order valence-corrected chi connectivity index (χ0v) is 19.2. The van der Waals surface area contributed by atoms with E-state index in [4.69, 9.17) is 43.5 Å². The van der Waals surface area contributed by atoms with Crippen molar-refractivity contribution in [3.8, 4) is 0 Å². The van der Waals surface area contributed by atoms with Crippen LogP contribution in [0.4, 0.5) is 0 Å². The molecule has 1 fully saturated rings. The third-order valence-electron chi connectivity index (χ3n) is 3.83. The van der Waals surface area contributed by atoms with E-state index in [1.54, 1.807) is 0 Å². The maximum Gasteiger partial charge on any atom is 0.490 e. The van der Waals surface area contributed by atoms with E-state index in [1.807, 2.05) is 0 Å². The average molecular weight is 552 g/mol. The molecule has 0 aromatic carbocycles. The number of phosphoric ester groups is 1. The molecule has 7 atom stereocenters. The minimum Gasteiger partial charge on any atom is -0.388 e. The first-order valence-electron chi connectivity index (χ1n) is 7.82. The van der Waals surface area contributed by atoms with Crippen LogP contribution in [-0.4, -0.2) is 82.7 Å². The molecule has 0 aliphatic carbocycles. The second-order valence-electron chi connectivity index (χ2n) is 6.12. The zero-order chi connectivity index (χ0) is 23.8. The lowest BCUT2D eigenvalue weighted by molar-refractivity contribution is -0.149. The zero-order valence-electron chi connectivity index (χ0n) is 15.0.